The number of carboxylic acid groups (broad SMARTS) is 1. The van der Waals surface area contributed by atoms with Gasteiger partial charge in [0.1, 0.15) is 11.6 Å². The van der Waals surface area contributed by atoms with Gasteiger partial charge in [-0.25, -0.2) is 8.78 Å². The third-order valence-corrected chi connectivity index (χ3v) is 2.04. The molecule has 17 heavy (non-hydrogen) atoms. The Morgan fingerprint density at radius 2 is 1.82 bits per heavy atom. The molecule has 1 amide bonds. The molecule has 0 bridgehead atoms. The van der Waals surface area contributed by atoms with E-state index in [0.29, 0.717) is 6.07 Å². The summed E-state index contributed by atoms with van der Waals surface area (Å²) in [7, 11) is 0. The molecule has 4 nitrogen and oxygen atoms in total. The van der Waals surface area contributed by atoms with E-state index in [1.165, 1.54) is 6.92 Å². The minimum absolute atomic E-state index is 0.0834. The Morgan fingerprint density at radius 3 is 2.24 bits per heavy atom. The Labute approximate surface area is 96.3 Å². The number of carboxylic acids is 1. The minimum atomic E-state index is -1.17. The summed E-state index contributed by atoms with van der Waals surface area (Å²) in [4.78, 5) is 21.5. The van der Waals surface area contributed by atoms with Gasteiger partial charge >= 0.3 is 5.97 Å². The number of amides is 1. The van der Waals surface area contributed by atoms with E-state index in [1.54, 1.807) is 0 Å². The monoisotopic (exact) mass is 243 g/mol. The highest BCUT2D eigenvalue weighted by Crippen LogP contribution is 2.19. The predicted octanol–water partition coefficient (Wildman–Crippen LogP) is 1.62. The van der Waals surface area contributed by atoms with Crippen LogP contribution in [0.3, 0.4) is 0 Å². The molecule has 92 valence electrons. The average molecular weight is 243 g/mol. The van der Waals surface area contributed by atoms with Crippen molar-refractivity contribution in [1.82, 2.24) is 5.32 Å². The van der Waals surface area contributed by atoms with Crippen molar-refractivity contribution < 1.29 is 23.5 Å². The van der Waals surface area contributed by atoms with E-state index in [0.717, 1.165) is 12.1 Å². The number of carbonyl (C=O) groups is 2. The van der Waals surface area contributed by atoms with Gasteiger partial charge in [-0.15, -0.1) is 0 Å². The number of hydrogen-bond donors (Lipinski definition) is 2. The number of benzene rings is 1. The second-order valence-corrected chi connectivity index (χ2v) is 3.55. The molecule has 0 aliphatic rings. The van der Waals surface area contributed by atoms with Crippen LogP contribution in [0.1, 0.15) is 24.9 Å². The van der Waals surface area contributed by atoms with Crippen molar-refractivity contribution >= 4 is 11.9 Å². The molecule has 0 fully saturated rings. The van der Waals surface area contributed by atoms with Crippen LogP contribution in [-0.2, 0) is 9.59 Å². The van der Waals surface area contributed by atoms with Crippen LogP contribution in [-0.4, -0.2) is 17.0 Å². The van der Waals surface area contributed by atoms with Crippen molar-refractivity contribution in [2.24, 2.45) is 0 Å². The fraction of sp³-hybridized carbons (Fsp3) is 0.273. The molecule has 0 saturated carbocycles. The lowest BCUT2D eigenvalue weighted by molar-refractivity contribution is -0.137. The maximum Gasteiger partial charge on any atom is 0.305 e. The van der Waals surface area contributed by atoms with Crippen molar-refractivity contribution in [2.45, 2.75) is 19.4 Å². The van der Waals surface area contributed by atoms with Gasteiger partial charge in [-0.3, -0.25) is 9.59 Å². The smallest absolute Gasteiger partial charge is 0.305 e. The van der Waals surface area contributed by atoms with E-state index in [4.69, 9.17) is 5.11 Å². The molecule has 1 rings (SSSR count). The first kappa shape index (κ1) is 13.1. The van der Waals surface area contributed by atoms with Crippen LogP contribution in [0.15, 0.2) is 18.2 Å². The number of halogens is 2. The molecule has 2 N–H and O–H groups in total. The second kappa shape index (κ2) is 5.38. The highest BCUT2D eigenvalue weighted by Gasteiger charge is 2.18. The molecule has 1 aromatic rings. The van der Waals surface area contributed by atoms with Crippen molar-refractivity contribution in [3.63, 3.8) is 0 Å². The number of nitrogens with one attached hydrogen (secondary N) is 1. The zero-order valence-electron chi connectivity index (χ0n) is 9.04. The largest absolute Gasteiger partial charge is 0.481 e. The average Bonchev–Trinajstić information content (AvgIpc) is 2.13. The topological polar surface area (TPSA) is 66.4 Å². The SMILES string of the molecule is CC(=O)N[C@H](CC(=O)O)c1cc(F)cc(F)c1. The third-order valence-electron chi connectivity index (χ3n) is 2.04. The van der Waals surface area contributed by atoms with Crippen molar-refractivity contribution in [3.05, 3.63) is 35.4 Å². The molecule has 0 radical (unpaired) electrons. The van der Waals surface area contributed by atoms with Crippen molar-refractivity contribution in [2.75, 3.05) is 0 Å². The molecule has 0 saturated heterocycles. The quantitative estimate of drug-likeness (QED) is 0.844. The summed E-state index contributed by atoms with van der Waals surface area (Å²) in [6, 6.07) is 1.71. The van der Waals surface area contributed by atoms with Crippen LogP contribution in [0.25, 0.3) is 0 Å². The lowest BCUT2D eigenvalue weighted by atomic mass is 10.0. The lowest BCUT2D eigenvalue weighted by Gasteiger charge is -2.16. The molecule has 1 atom stereocenters. The van der Waals surface area contributed by atoms with Crippen LogP contribution < -0.4 is 5.32 Å². The van der Waals surface area contributed by atoms with Gasteiger partial charge in [-0.2, -0.15) is 0 Å². The summed E-state index contributed by atoms with van der Waals surface area (Å²) < 4.78 is 25.9. The van der Waals surface area contributed by atoms with E-state index in [-0.39, 0.29) is 5.56 Å². The molecule has 0 aromatic heterocycles. The Bertz CT molecular complexity index is 412. The molecule has 0 heterocycles. The first-order valence-corrected chi connectivity index (χ1v) is 4.83. The number of carbonyl (C=O) groups excluding carboxylic acids is 1. The molecular weight excluding hydrogens is 232 g/mol. The fourth-order valence-corrected chi connectivity index (χ4v) is 1.45. The molecule has 0 aliphatic carbocycles. The van der Waals surface area contributed by atoms with Gasteiger partial charge < -0.3 is 10.4 Å². The highest BCUT2D eigenvalue weighted by atomic mass is 19.1. The molecule has 0 spiro atoms. The summed E-state index contributed by atoms with van der Waals surface area (Å²) >= 11 is 0. The normalized spacial score (nSPS) is 11.9. The van der Waals surface area contributed by atoms with Crippen LogP contribution in [0, 0.1) is 11.6 Å². The lowest BCUT2D eigenvalue weighted by Crippen LogP contribution is -2.28. The summed E-state index contributed by atoms with van der Waals surface area (Å²) in [5.74, 6) is -3.28. The Kier molecular flexibility index (Phi) is 4.14. The zero-order chi connectivity index (χ0) is 13.0. The van der Waals surface area contributed by atoms with Gasteiger partial charge in [0.15, 0.2) is 0 Å². The number of aliphatic carboxylic acids is 1. The first-order valence-electron chi connectivity index (χ1n) is 4.83. The molecular formula is C11H11F2NO3. The van der Waals surface area contributed by atoms with Gasteiger partial charge in [0.05, 0.1) is 12.5 Å². The Balaban J connectivity index is 3.02. The van der Waals surface area contributed by atoms with E-state index >= 15 is 0 Å². The van der Waals surface area contributed by atoms with E-state index < -0.39 is 36.0 Å². The molecule has 0 aliphatic heterocycles. The van der Waals surface area contributed by atoms with Crippen LogP contribution >= 0.6 is 0 Å². The second-order valence-electron chi connectivity index (χ2n) is 3.55. The fourth-order valence-electron chi connectivity index (χ4n) is 1.45. The highest BCUT2D eigenvalue weighted by molar-refractivity contribution is 5.75. The molecule has 0 unspecified atom stereocenters. The van der Waals surface area contributed by atoms with Crippen molar-refractivity contribution in [3.8, 4) is 0 Å². The Hall–Kier alpha value is -1.98. The van der Waals surface area contributed by atoms with Crippen LogP contribution in [0.5, 0.6) is 0 Å². The van der Waals surface area contributed by atoms with Crippen LogP contribution in [0.4, 0.5) is 8.78 Å². The van der Waals surface area contributed by atoms with Gasteiger partial charge in [0, 0.05) is 13.0 Å². The maximum atomic E-state index is 13.0. The summed E-state index contributed by atoms with van der Waals surface area (Å²) in [5, 5.41) is 11.0. The van der Waals surface area contributed by atoms with Gasteiger partial charge in [-0.05, 0) is 17.7 Å². The number of rotatable bonds is 4. The zero-order valence-corrected chi connectivity index (χ0v) is 9.04. The van der Waals surface area contributed by atoms with Gasteiger partial charge in [0.25, 0.3) is 0 Å². The van der Waals surface area contributed by atoms with E-state index in [9.17, 15) is 18.4 Å². The number of hydrogen-bond acceptors (Lipinski definition) is 2. The van der Waals surface area contributed by atoms with E-state index in [1.807, 2.05) is 0 Å². The van der Waals surface area contributed by atoms with Gasteiger partial charge in [0.2, 0.25) is 5.91 Å². The minimum Gasteiger partial charge on any atom is -0.481 e. The molecule has 6 heteroatoms. The summed E-state index contributed by atoms with van der Waals surface area (Å²) in [6.45, 7) is 1.20. The van der Waals surface area contributed by atoms with Gasteiger partial charge in [-0.1, -0.05) is 0 Å². The van der Waals surface area contributed by atoms with Crippen molar-refractivity contribution in [1.29, 1.82) is 0 Å². The maximum absolute atomic E-state index is 13.0. The third kappa shape index (κ3) is 4.18. The standard InChI is InChI=1S/C11H11F2NO3/c1-6(15)14-10(5-11(16)17)7-2-8(12)4-9(13)3-7/h2-4,10H,5H2,1H3,(H,14,15)(H,16,17)/t10-/m1/s1. The summed E-state index contributed by atoms with van der Waals surface area (Å²) in [6.07, 6.45) is -0.442. The predicted molar refractivity (Wildman–Crippen MR) is 55.2 cm³/mol. The first-order chi connectivity index (χ1) is 7.88. The summed E-state index contributed by atoms with van der Waals surface area (Å²) in [5.41, 5.74) is 0.0834. The van der Waals surface area contributed by atoms with E-state index in [2.05, 4.69) is 5.32 Å². The molecule has 1 aromatic carbocycles. The Morgan fingerprint density at radius 1 is 1.29 bits per heavy atom. The van der Waals surface area contributed by atoms with Crippen LogP contribution in [0.2, 0.25) is 0 Å².